The summed E-state index contributed by atoms with van der Waals surface area (Å²) in [7, 11) is 0. The summed E-state index contributed by atoms with van der Waals surface area (Å²) < 4.78 is 0. The first-order valence-electron chi connectivity index (χ1n) is 8.02. The Hall–Kier alpha value is -1.12. The first-order valence-corrected chi connectivity index (χ1v) is 8.40. The van der Waals surface area contributed by atoms with Crippen molar-refractivity contribution in [2.24, 2.45) is 0 Å². The number of aromatic nitrogens is 1. The third kappa shape index (κ3) is 3.07. The molecule has 1 N–H and O–H groups in total. The molecule has 0 saturated carbocycles. The summed E-state index contributed by atoms with van der Waals surface area (Å²) in [5.74, 6) is 0. The van der Waals surface area contributed by atoms with Gasteiger partial charge in [0.15, 0.2) is 0 Å². The predicted octanol–water partition coefficient (Wildman–Crippen LogP) is 4.66. The Morgan fingerprint density at radius 1 is 1.29 bits per heavy atom. The van der Waals surface area contributed by atoms with Gasteiger partial charge in [-0.15, -0.1) is 0 Å². The van der Waals surface area contributed by atoms with Crippen molar-refractivity contribution in [2.75, 3.05) is 0 Å². The van der Waals surface area contributed by atoms with Crippen molar-refractivity contribution in [3.05, 3.63) is 40.0 Å². The molecule has 1 unspecified atom stereocenters. The molecule has 3 heteroatoms. The molecule has 0 saturated heterocycles. The van der Waals surface area contributed by atoms with E-state index in [9.17, 15) is 0 Å². The van der Waals surface area contributed by atoms with Gasteiger partial charge in [0.25, 0.3) is 0 Å². The maximum atomic E-state index is 6.22. The van der Waals surface area contributed by atoms with Crippen molar-refractivity contribution >= 4 is 22.5 Å². The van der Waals surface area contributed by atoms with E-state index in [0.717, 1.165) is 36.3 Å². The molecule has 1 aliphatic rings. The Kier molecular flexibility index (Phi) is 4.46. The third-order valence-electron chi connectivity index (χ3n) is 4.58. The lowest BCUT2D eigenvalue weighted by atomic mass is 9.89. The molecule has 0 amide bonds. The number of pyridine rings is 1. The standard InChI is InChI=1S/C18H23ClN2/c1-3-12(2)20-11-16-14-6-4-5-7-17(14)21-18-9-8-13(19)10-15(16)18/h8-10,12,20H,3-7,11H2,1-2H3. The van der Waals surface area contributed by atoms with Crippen molar-refractivity contribution in [1.29, 1.82) is 0 Å². The summed E-state index contributed by atoms with van der Waals surface area (Å²) in [6.45, 7) is 5.37. The summed E-state index contributed by atoms with van der Waals surface area (Å²) in [4.78, 5) is 4.88. The molecule has 2 aromatic rings. The van der Waals surface area contributed by atoms with Gasteiger partial charge in [0.2, 0.25) is 0 Å². The summed E-state index contributed by atoms with van der Waals surface area (Å²) in [5.41, 5.74) is 5.27. The highest BCUT2D eigenvalue weighted by molar-refractivity contribution is 6.31. The zero-order valence-electron chi connectivity index (χ0n) is 12.9. The van der Waals surface area contributed by atoms with Crippen LogP contribution in [0.5, 0.6) is 0 Å². The maximum absolute atomic E-state index is 6.22. The van der Waals surface area contributed by atoms with Crippen LogP contribution in [0.3, 0.4) is 0 Å². The smallest absolute Gasteiger partial charge is 0.0709 e. The van der Waals surface area contributed by atoms with Crippen molar-refractivity contribution in [3.8, 4) is 0 Å². The fourth-order valence-electron chi connectivity index (χ4n) is 3.12. The molecular weight excluding hydrogens is 280 g/mol. The molecule has 112 valence electrons. The first kappa shape index (κ1) is 14.8. The minimum Gasteiger partial charge on any atom is -0.310 e. The molecule has 21 heavy (non-hydrogen) atoms. The molecular formula is C18H23ClN2. The Morgan fingerprint density at radius 2 is 2.10 bits per heavy atom. The van der Waals surface area contributed by atoms with Crippen LogP contribution >= 0.6 is 11.6 Å². The van der Waals surface area contributed by atoms with Crippen LogP contribution in [0.25, 0.3) is 10.9 Å². The molecule has 1 aromatic heterocycles. The molecule has 0 fully saturated rings. The largest absolute Gasteiger partial charge is 0.310 e. The minimum atomic E-state index is 0.534. The van der Waals surface area contributed by atoms with Crippen LogP contribution in [0.4, 0.5) is 0 Å². The summed E-state index contributed by atoms with van der Waals surface area (Å²) in [6, 6.07) is 6.61. The molecule has 1 aromatic carbocycles. The molecule has 0 spiro atoms. The van der Waals surface area contributed by atoms with Crippen LogP contribution in [-0.4, -0.2) is 11.0 Å². The highest BCUT2D eigenvalue weighted by Crippen LogP contribution is 2.30. The van der Waals surface area contributed by atoms with Gasteiger partial charge in [-0.05, 0) is 68.4 Å². The number of rotatable bonds is 4. The second-order valence-electron chi connectivity index (χ2n) is 6.07. The number of nitrogens with zero attached hydrogens (tertiary/aromatic N) is 1. The molecule has 1 aliphatic carbocycles. The van der Waals surface area contributed by atoms with E-state index in [1.165, 1.54) is 35.0 Å². The van der Waals surface area contributed by atoms with Gasteiger partial charge in [-0.3, -0.25) is 4.98 Å². The van der Waals surface area contributed by atoms with E-state index in [0.29, 0.717) is 6.04 Å². The fraction of sp³-hybridized carbons (Fsp3) is 0.500. The average Bonchev–Trinajstić information content (AvgIpc) is 2.51. The number of nitrogens with one attached hydrogen (secondary N) is 1. The quantitative estimate of drug-likeness (QED) is 0.889. The lowest BCUT2D eigenvalue weighted by molar-refractivity contribution is 0.531. The van der Waals surface area contributed by atoms with Crippen molar-refractivity contribution in [1.82, 2.24) is 10.3 Å². The van der Waals surface area contributed by atoms with E-state index in [-0.39, 0.29) is 0 Å². The fourth-order valence-corrected chi connectivity index (χ4v) is 3.29. The van der Waals surface area contributed by atoms with Crippen LogP contribution in [0, 0.1) is 0 Å². The van der Waals surface area contributed by atoms with Crippen LogP contribution in [-0.2, 0) is 19.4 Å². The van der Waals surface area contributed by atoms with E-state index >= 15 is 0 Å². The SMILES string of the molecule is CCC(C)NCc1c2c(nc3ccc(Cl)cc13)CCCC2. The van der Waals surface area contributed by atoms with E-state index in [1.54, 1.807) is 0 Å². The van der Waals surface area contributed by atoms with Crippen LogP contribution in [0.1, 0.15) is 49.9 Å². The normalized spacial score (nSPS) is 16.0. The van der Waals surface area contributed by atoms with Gasteiger partial charge in [-0.25, -0.2) is 0 Å². The first-order chi connectivity index (χ1) is 10.2. The molecule has 3 rings (SSSR count). The minimum absolute atomic E-state index is 0.534. The second kappa shape index (κ2) is 6.33. The van der Waals surface area contributed by atoms with Crippen molar-refractivity contribution in [3.63, 3.8) is 0 Å². The van der Waals surface area contributed by atoms with Gasteiger partial charge in [0.05, 0.1) is 5.52 Å². The second-order valence-corrected chi connectivity index (χ2v) is 6.51. The van der Waals surface area contributed by atoms with Gasteiger partial charge in [0, 0.05) is 28.7 Å². The lowest BCUT2D eigenvalue weighted by Gasteiger charge is -2.22. The number of hydrogen-bond acceptors (Lipinski definition) is 2. The van der Waals surface area contributed by atoms with E-state index in [1.807, 2.05) is 6.07 Å². The van der Waals surface area contributed by atoms with Crippen molar-refractivity contribution in [2.45, 2.75) is 58.5 Å². The number of aryl methyl sites for hydroxylation is 1. The zero-order chi connectivity index (χ0) is 14.8. The Balaban J connectivity index is 2.10. The Labute approximate surface area is 131 Å². The van der Waals surface area contributed by atoms with Crippen LogP contribution < -0.4 is 5.32 Å². The van der Waals surface area contributed by atoms with Gasteiger partial charge >= 0.3 is 0 Å². The molecule has 1 heterocycles. The topological polar surface area (TPSA) is 24.9 Å². The molecule has 0 radical (unpaired) electrons. The predicted molar refractivity (Wildman–Crippen MR) is 90.0 cm³/mol. The number of benzene rings is 1. The van der Waals surface area contributed by atoms with Gasteiger partial charge in [0.1, 0.15) is 0 Å². The third-order valence-corrected chi connectivity index (χ3v) is 4.82. The zero-order valence-corrected chi connectivity index (χ0v) is 13.6. The van der Waals surface area contributed by atoms with Crippen molar-refractivity contribution < 1.29 is 0 Å². The monoisotopic (exact) mass is 302 g/mol. The lowest BCUT2D eigenvalue weighted by Crippen LogP contribution is -2.26. The highest BCUT2D eigenvalue weighted by atomic mass is 35.5. The number of fused-ring (bicyclic) bond motifs is 2. The average molecular weight is 303 g/mol. The number of hydrogen-bond donors (Lipinski definition) is 1. The highest BCUT2D eigenvalue weighted by Gasteiger charge is 2.18. The Morgan fingerprint density at radius 3 is 2.90 bits per heavy atom. The molecule has 1 atom stereocenters. The maximum Gasteiger partial charge on any atom is 0.0709 e. The molecule has 2 nitrogen and oxygen atoms in total. The van der Waals surface area contributed by atoms with Gasteiger partial charge in [-0.1, -0.05) is 18.5 Å². The summed E-state index contributed by atoms with van der Waals surface area (Å²) in [5, 5.41) is 5.66. The van der Waals surface area contributed by atoms with E-state index in [4.69, 9.17) is 16.6 Å². The summed E-state index contributed by atoms with van der Waals surface area (Å²) >= 11 is 6.22. The van der Waals surface area contributed by atoms with E-state index in [2.05, 4.69) is 31.3 Å². The van der Waals surface area contributed by atoms with Gasteiger partial charge < -0.3 is 5.32 Å². The van der Waals surface area contributed by atoms with Crippen LogP contribution in [0.2, 0.25) is 5.02 Å². The van der Waals surface area contributed by atoms with E-state index < -0.39 is 0 Å². The van der Waals surface area contributed by atoms with Gasteiger partial charge in [-0.2, -0.15) is 0 Å². The van der Waals surface area contributed by atoms with Crippen LogP contribution in [0.15, 0.2) is 18.2 Å². The molecule has 0 aliphatic heterocycles. The number of halogens is 1. The molecule has 0 bridgehead atoms. The Bertz CT molecular complexity index is 651. The summed E-state index contributed by atoms with van der Waals surface area (Å²) in [6.07, 6.45) is 5.95.